The molecule has 2 amide bonds. The molecule has 2 fully saturated rings. The number of esters is 1. The molecule has 0 spiro atoms. The molecule has 1 unspecified atom stereocenters. The highest BCUT2D eigenvalue weighted by Crippen LogP contribution is 2.34. The van der Waals surface area contributed by atoms with E-state index >= 15 is 0 Å². The van der Waals surface area contributed by atoms with Crippen LogP contribution in [0.3, 0.4) is 0 Å². The van der Waals surface area contributed by atoms with Crippen molar-refractivity contribution in [3.63, 3.8) is 0 Å². The second-order valence-corrected chi connectivity index (χ2v) is 10.9. The van der Waals surface area contributed by atoms with Gasteiger partial charge in [-0.3, -0.25) is 28.5 Å². The minimum atomic E-state index is -0.920. The number of fused-ring (bicyclic) bond motifs is 1. The number of rotatable bonds is 9. The van der Waals surface area contributed by atoms with E-state index in [4.69, 9.17) is 21.9 Å². The van der Waals surface area contributed by atoms with Gasteiger partial charge in [0.15, 0.2) is 0 Å². The summed E-state index contributed by atoms with van der Waals surface area (Å²) in [6, 6.07) is 2.64. The first kappa shape index (κ1) is 27.8. The van der Waals surface area contributed by atoms with Crippen LogP contribution < -0.4 is 15.8 Å². The van der Waals surface area contributed by atoms with E-state index in [9.17, 15) is 19.2 Å². The highest BCUT2D eigenvalue weighted by atomic mass is 32.2. The average molecular weight is 558 g/mol. The lowest BCUT2D eigenvalue weighted by Crippen LogP contribution is -2.57. The third-order valence-corrected chi connectivity index (χ3v) is 7.94. The van der Waals surface area contributed by atoms with E-state index in [0.717, 1.165) is 43.0 Å². The van der Waals surface area contributed by atoms with Crippen LogP contribution >= 0.6 is 24.0 Å². The summed E-state index contributed by atoms with van der Waals surface area (Å²) in [5.74, 6) is -0.943. The normalized spacial score (nSPS) is 19.0. The van der Waals surface area contributed by atoms with Crippen LogP contribution in [0.1, 0.15) is 50.2 Å². The van der Waals surface area contributed by atoms with E-state index in [0.29, 0.717) is 34.5 Å². The van der Waals surface area contributed by atoms with E-state index in [2.05, 4.69) is 12.2 Å². The number of nitrogens with one attached hydrogen (secondary N) is 1. The maximum absolute atomic E-state index is 13.8. The van der Waals surface area contributed by atoms with Crippen LogP contribution in [0.25, 0.3) is 11.7 Å². The molecule has 38 heavy (non-hydrogen) atoms. The fourth-order valence-corrected chi connectivity index (χ4v) is 5.82. The zero-order chi connectivity index (χ0) is 27.4. The molecule has 2 aromatic heterocycles. The van der Waals surface area contributed by atoms with Crippen molar-refractivity contribution in [3.05, 3.63) is 44.7 Å². The van der Waals surface area contributed by atoms with Crippen molar-refractivity contribution in [2.75, 3.05) is 31.6 Å². The van der Waals surface area contributed by atoms with E-state index in [1.807, 2.05) is 13.0 Å². The fraction of sp³-hybridized carbons (Fsp3) is 0.462. The molecule has 0 aliphatic carbocycles. The summed E-state index contributed by atoms with van der Waals surface area (Å²) in [4.78, 5) is 60.3. The highest BCUT2D eigenvalue weighted by Gasteiger charge is 2.36. The van der Waals surface area contributed by atoms with Crippen molar-refractivity contribution >= 4 is 63.6 Å². The van der Waals surface area contributed by atoms with Gasteiger partial charge in [0.05, 0.1) is 24.0 Å². The van der Waals surface area contributed by atoms with Crippen LogP contribution in [0.5, 0.6) is 0 Å². The summed E-state index contributed by atoms with van der Waals surface area (Å²) < 4.78 is 6.68. The van der Waals surface area contributed by atoms with Gasteiger partial charge in [0, 0.05) is 25.8 Å². The lowest BCUT2D eigenvalue weighted by Gasteiger charge is -2.36. The highest BCUT2D eigenvalue weighted by molar-refractivity contribution is 8.26. The third kappa shape index (κ3) is 5.75. The molecule has 1 N–H and O–H groups in total. The molecule has 2 aromatic rings. The van der Waals surface area contributed by atoms with Gasteiger partial charge in [-0.2, -0.15) is 0 Å². The summed E-state index contributed by atoms with van der Waals surface area (Å²) in [7, 11) is 1.26. The Kier molecular flexibility index (Phi) is 8.83. The van der Waals surface area contributed by atoms with Crippen LogP contribution in [-0.4, -0.2) is 69.2 Å². The zero-order valence-corrected chi connectivity index (χ0v) is 23.3. The monoisotopic (exact) mass is 557 g/mol. The molecule has 4 heterocycles. The summed E-state index contributed by atoms with van der Waals surface area (Å²) >= 11 is 6.63. The van der Waals surface area contributed by atoms with Gasteiger partial charge in [0.2, 0.25) is 5.91 Å². The number of carbonyl (C=O) groups excluding carboxylic acids is 3. The van der Waals surface area contributed by atoms with Crippen molar-refractivity contribution in [3.8, 4) is 0 Å². The van der Waals surface area contributed by atoms with Gasteiger partial charge in [0.1, 0.15) is 21.8 Å². The number of nitrogens with zero attached hydrogens (tertiary/aromatic N) is 4. The molecule has 0 radical (unpaired) electrons. The number of carbonyl (C=O) groups is 3. The molecule has 2 aliphatic heterocycles. The molecule has 12 heteroatoms. The Balaban J connectivity index is 1.80. The Bertz CT molecular complexity index is 1370. The standard InChI is InChI=1S/C26H31N5O5S2/c1-4-5-6-7-11-30-25(35)19(38-26(30)37)13-17-22(28-20-9-8-16(2)15-31(20)24(17)34)29-12-10-27-23(33)18(29)14-21(32)36-3/h8-9,13,15,18H,4-7,10-12,14H2,1-3H3,(H,27,33). The first-order valence-corrected chi connectivity index (χ1v) is 13.9. The lowest BCUT2D eigenvalue weighted by molar-refractivity contribution is -0.143. The molecule has 0 aromatic carbocycles. The molecule has 1 atom stereocenters. The summed E-state index contributed by atoms with van der Waals surface area (Å²) in [5, 5.41) is 2.76. The molecule has 4 rings (SSSR count). The average Bonchev–Trinajstić information content (AvgIpc) is 3.16. The van der Waals surface area contributed by atoms with E-state index in [-0.39, 0.29) is 35.2 Å². The minimum Gasteiger partial charge on any atom is -0.469 e. The van der Waals surface area contributed by atoms with Gasteiger partial charge < -0.3 is 15.0 Å². The van der Waals surface area contributed by atoms with Crippen molar-refractivity contribution < 1.29 is 19.1 Å². The van der Waals surface area contributed by atoms with E-state index in [1.165, 1.54) is 17.6 Å². The van der Waals surface area contributed by atoms with Crippen LogP contribution in [0.4, 0.5) is 5.82 Å². The smallest absolute Gasteiger partial charge is 0.308 e. The Morgan fingerprint density at radius 3 is 2.79 bits per heavy atom. The number of thiocarbonyl (C=S) groups is 1. The number of methoxy groups -OCH3 is 1. The van der Waals surface area contributed by atoms with Crippen LogP contribution in [0.2, 0.25) is 0 Å². The molecular weight excluding hydrogens is 526 g/mol. The first-order chi connectivity index (χ1) is 18.2. The summed E-state index contributed by atoms with van der Waals surface area (Å²) in [6.45, 7) is 5.14. The van der Waals surface area contributed by atoms with Crippen molar-refractivity contribution in [1.29, 1.82) is 0 Å². The second-order valence-electron chi connectivity index (χ2n) is 9.26. The summed E-state index contributed by atoms with van der Waals surface area (Å²) in [5.41, 5.74) is 1.02. The Labute approximate surface area is 230 Å². The predicted octanol–water partition coefficient (Wildman–Crippen LogP) is 2.65. The molecule has 10 nitrogen and oxygen atoms in total. The minimum absolute atomic E-state index is 0.157. The third-order valence-electron chi connectivity index (χ3n) is 6.56. The van der Waals surface area contributed by atoms with Gasteiger partial charge in [-0.25, -0.2) is 4.98 Å². The largest absolute Gasteiger partial charge is 0.469 e. The number of piperazine rings is 1. The second kappa shape index (κ2) is 12.1. The number of hydrogen-bond donors (Lipinski definition) is 1. The molecule has 2 saturated heterocycles. The maximum atomic E-state index is 13.8. The first-order valence-electron chi connectivity index (χ1n) is 12.6. The van der Waals surface area contributed by atoms with Gasteiger partial charge in [-0.1, -0.05) is 56.2 Å². The zero-order valence-electron chi connectivity index (χ0n) is 21.7. The molecule has 0 bridgehead atoms. The van der Waals surface area contributed by atoms with E-state index < -0.39 is 12.0 Å². The lowest BCUT2D eigenvalue weighted by atomic mass is 10.1. The fourth-order valence-electron chi connectivity index (χ4n) is 4.53. The molecule has 202 valence electrons. The van der Waals surface area contributed by atoms with E-state index in [1.54, 1.807) is 22.1 Å². The van der Waals surface area contributed by atoms with Gasteiger partial charge in [0.25, 0.3) is 11.5 Å². The van der Waals surface area contributed by atoms with Crippen LogP contribution in [-0.2, 0) is 19.1 Å². The predicted molar refractivity (Wildman–Crippen MR) is 151 cm³/mol. The number of hydrogen-bond acceptors (Lipinski definition) is 9. The Morgan fingerprint density at radius 2 is 2.05 bits per heavy atom. The molecule has 2 aliphatic rings. The van der Waals surface area contributed by atoms with Crippen molar-refractivity contribution in [2.45, 2.75) is 52.0 Å². The summed E-state index contributed by atoms with van der Waals surface area (Å²) in [6.07, 6.45) is 7.01. The van der Waals surface area contributed by atoms with Crippen molar-refractivity contribution in [1.82, 2.24) is 19.6 Å². The number of aryl methyl sites for hydroxylation is 1. The molecular formula is C26H31N5O5S2. The number of anilines is 1. The number of amides is 2. The topological polar surface area (TPSA) is 113 Å². The number of thioether (sulfide) groups is 1. The number of pyridine rings is 1. The van der Waals surface area contributed by atoms with Crippen molar-refractivity contribution in [2.24, 2.45) is 0 Å². The maximum Gasteiger partial charge on any atom is 0.308 e. The SMILES string of the molecule is CCCCCCN1C(=O)C(=Cc2c(N3CCNC(=O)C3CC(=O)OC)nc3ccc(C)cn3c2=O)SC1=S. The van der Waals surface area contributed by atoms with Gasteiger partial charge in [-0.15, -0.1) is 0 Å². The quantitative estimate of drug-likeness (QED) is 0.215. The Hall–Kier alpha value is -3.25. The van der Waals surface area contributed by atoms with Gasteiger partial charge >= 0.3 is 5.97 Å². The number of unbranched alkanes of at least 4 members (excludes halogenated alkanes) is 3. The molecule has 0 saturated carbocycles. The Morgan fingerprint density at radius 1 is 1.26 bits per heavy atom. The number of aromatic nitrogens is 2. The number of ether oxygens (including phenoxy) is 1. The van der Waals surface area contributed by atoms with Crippen LogP contribution in [0.15, 0.2) is 28.0 Å². The van der Waals surface area contributed by atoms with Crippen LogP contribution in [0, 0.1) is 6.92 Å². The van der Waals surface area contributed by atoms with Gasteiger partial charge in [-0.05, 0) is 31.1 Å².